The van der Waals surface area contributed by atoms with Gasteiger partial charge in [-0.2, -0.15) is 0 Å². The summed E-state index contributed by atoms with van der Waals surface area (Å²) in [6.45, 7) is 4.17. The molecule has 8 nitrogen and oxygen atoms in total. The van der Waals surface area contributed by atoms with Gasteiger partial charge in [0.25, 0.3) is 0 Å². The van der Waals surface area contributed by atoms with Crippen molar-refractivity contribution in [3.05, 3.63) is 41.7 Å². The number of amides is 1. The molecule has 1 heterocycles. The molecule has 0 unspecified atom stereocenters. The number of nitrogens with zero attached hydrogens (tertiary/aromatic N) is 5. The summed E-state index contributed by atoms with van der Waals surface area (Å²) in [6, 6.07) is 7.78. The van der Waals surface area contributed by atoms with Crippen LogP contribution in [-0.2, 0) is 27.4 Å². The Labute approximate surface area is 134 Å². The number of rotatable bonds is 7. The van der Waals surface area contributed by atoms with Crippen LogP contribution >= 0.6 is 0 Å². The summed E-state index contributed by atoms with van der Waals surface area (Å²) < 4.78 is 6.25. The van der Waals surface area contributed by atoms with Gasteiger partial charge in [-0.25, -0.2) is 4.68 Å². The maximum absolute atomic E-state index is 12.4. The van der Waals surface area contributed by atoms with Crippen molar-refractivity contribution in [1.82, 2.24) is 25.1 Å². The Hall–Kier alpha value is -2.77. The molecule has 0 bridgehead atoms. The molecule has 2 aromatic rings. The standard InChI is InChI=1S/C15H19N5O3/c1-3-23-15(22)10-19(8-13-6-4-12(2)5-7-13)14(21)9-20-11-16-17-18-20/h4-7,11H,3,8-10H2,1-2H3. The summed E-state index contributed by atoms with van der Waals surface area (Å²) in [6.07, 6.45) is 1.35. The summed E-state index contributed by atoms with van der Waals surface area (Å²) in [5.74, 6) is -0.699. The van der Waals surface area contributed by atoms with E-state index in [1.54, 1.807) is 6.92 Å². The Morgan fingerprint density at radius 2 is 2.00 bits per heavy atom. The number of esters is 1. The summed E-state index contributed by atoms with van der Waals surface area (Å²) in [5.41, 5.74) is 2.07. The van der Waals surface area contributed by atoms with Crippen molar-refractivity contribution in [3.8, 4) is 0 Å². The SMILES string of the molecule is CCOC(=O)CN(Cc1ccc(C)cc1)C(=O)Cn1cnnn1. The fourth-order valence-electron chi connectivity index (χ4n) is 2.00. The first-order chi connectivity index (χ1) is 11.1. The Kier molecular flexibility index (Phi) is 5.79. The number of ether oxygens (including phenoxy) is 1. The Balaban J connectivity index is 2.08. The van der Waals surface area contributed by atoms with E-state index in [-0.39, 0.29) is 25.6 Å². The van der Waals surface area contributed by atoms with E-state index in [9.17, 15) is 9.59 Å². The van der Waals surface area contributed by atoms with Gasteiger partial charge in [0.1, 0.15) is 19.4 Å². The maximum Gasteiger partial charge on any atom is 0.325 e. The molecule has 0 aliphatic heterocycles. The molecule has 0 spiro atoms. The lowest BCUT2D eigenvalue weighted by atomic mass is 10.1. The molecule has 0 saturated carbocycles. The summed E-state index contributed by atoms with van der Waals surface area (Å²) in [5, 5.41) is 10.6. The summed E-state index contributed by atoms with van der Waals surface area (Å²) in [4.78, 5) is 25.6. The minimum Gasteiger partial charge on any atom is -0.465 e. The highest BCUT2D eigenvalue weighted by molar-refractivity contribution is 5.81. The van der Waals surface area contributed by atoms with Gasteiger partial charge in [0.15, 0.2) is 0 Å². The van der Waals surface area contributed by atoms with Crippen LogP contribution < -0.4 is 0 Å². The van der Waals surface area contributed by atoms with E-state index < -0.39 is 5.97 Å². The largest absolute Gasteiger partial charge is 0.465 e. The highest BCUT2D eigenvalue weighted by Gasteiger charge is 2.19. The van der Waals surface area contributed by atoms with Gasteiger partial charge in [-0.3, -0.25) is 9.59 Å². The number of tetrazole rings is 1. The van der Waals surface area contributed by atoms with Crippen molar-refractivity contribution in [1.29, 1.82) is 0 Å². The molecular formula is C15H19N5O3. The molecule has 1 amide bonds. The minimum atomic E-state index is -0.440. The highest BCUT2D eigenvalue weighted by atomic mass is 16.5. The lowest BCUT2D eigenvalue weighted by molar-refractivity contribution is -0.149. The number of aromatic nitrogens is 4. The Bertz CT molecular complexity index is 640. The molecule has 122 valence electrons. The predicted octanol–water partition coefficient (Wildman–Crippen LogP) is 0.573. The van der Waals surface area contributed by atoms with Crippen LogP contribution in [0.4, 0.5) is 0 Å². The lowest BCUT2D eigenvalue weighted by Crippen LogP contribution is -2.38. The number of aryl methyl sites for hydroxylation is 1. The fraction of sp³-hybridized carbons (Fsp3) is 0.400. The molecule has 0 aliphatic rings. The smallest absolute Gasteiger partial charge is 0.325 e. The van der Waals surface area contributed by atoms with Gasteiger partial charge in [0.2, 0.25) is 5.91 Å². The van der Waals surface area contributed by atoms with Gasteiger partial charge in [-0.15, -0.1) is 5.10 Å². The molecule has 1 aromatic carbocycles. The predicted molar refractivity (Wildman–Crippen MR) is 81.0 cm³/mol. The number of benzene rings is 1. The van der Waals surface area contributed by atoms with Gasteiger partial charge in [-0.05, 0) is 29.8 Å². The first-order valence-corrected chi connectivity index (χ1v) is 7.28. The van der Waals surface area contributed by atoms with Gasteiger partial charge in [-0.1, -0.05) is 29.8 Å². The monoisotopic (exact) mass is 317 g/mol. The molecular weight excluding hydrogens is 298 g/mol. The quantitative estimate of drug-likeness (QED) is 0.694. The topological polar surface area (TPSA) is 90.2 Å². The van der Waals surface area contributed by atoms with E-state index in [0.717, 1.165) is 11.1 Å². The third-order valence-corrected chi connectivity index (χ3v) is 3.16. The first-order valence-electron chi connectivity index (χ1n) is 7.28. The van der Waals surface area contributed by atoms with Gasteiger partial charge in [0, 0.05) is 6.54 Å². The zero-order chi connectivity index (χ0) is 16.7. The molecule has 8 heteroatoms. The molecule has 0 aliphatic carbocycles. The zero-order valence-corrected chi connectivity index (χ0v) is 13.2. The van der Waals surface area contributed by atoms with Crippen molar-refractivity contribution >= 4 is 11.9 Å². The van der Waals surface area contributed by atoms with Crippen LogP contribution in [-0.4, -0.2) is 50.1 Å². The highest BCUT2D eigenvalue weighted by Crippen LogP contribution is 2.08. The second-order valence-corrected chi connectivity index (χ2v) is 5.05. The van der Waals surface area contributed by atoms with E-state index >= 15 is 0 Å². The summed E-state index contributed by atoms with van der Waals surface area (Å²) >= 11 is 0. The summed E-state index contributed by atoms with van der Waals surface area (Å²) in [7, 11) is 0. The van der Waals surface area contributed by atoms with Crippen LogP contribution in [0.25, 0.3) is 0 Å². The molecule has 0 radical (unpaired) electrons. The minimum absolute atomic E-state index is 0.0295. The third-order valence-electron chi connectivity index (χ3n) is 3.16. The van der Waals surface area contributed by atoms with Crippen LogP contribution in [0, 0.1) is 6.92 Å². The maximum atomic E-state index is 12.4. The second-order valence-electron chi connectivity index (χ2n) is 5.05. The van der Waals surface area contributed by atoms with Crippen molar-refractivity contribution in [2.75, 3.05) is 13.2 Å². The van der Waals surface area contributed by atoms with E-state index in [0.29, 0.717) is 6.54 Å². The van der Waals surface area contributed by atoms with Crippen molar-refractivity contribution in [2.45, 2.75) is 26.9 Å². The third kappa shape index (κ3) is 5.17. The molecule has 0 fully saturated rings. The van der Waals surface area contributed by atoms with Crippen molar-refractivity contribution in [3.63, 3.8) is 0 Å². The molecule has 0 atom stereocenters. The zero-order valence-electron chi connectivity index (χ0n) is 13.2. The van der Waals surface area contributed by atoms with Crippen LogP contribution in [0.1, 0.15) is 18.1 Å². The van der Waals surface area contributed by atoms with Crippen molar-refractivity contribution < 1.29 is 14.3 Å². The first kappa shape index (κ1) is 16.6. The number of carbonyl (C=O) groups excluding carboxylic acids is 2. The van der Waals surface area contributed by atoms with E-state index in [4.69, 9.17) is 4.74 Å². The van der Waals surface area contributed by atoms with Gasteiger partial charge >= 0.3 is 5.97 Å². The number of carbonyl (C=O) groups is 2. The average molecular weight is 317 g/mol. The van der Waals surface area contributed by atoms with E-state index in [1.807, 2.05) is 31.2 Å². The Morgan fingerprint density at radius 3 is 2.61 bits per heavy atom. The molecule has 1 aromatic heterocycles. The normalized spacial score (nSPS) is 10.3. The van der Waals surface area contributed by atoms with Crippen LogP contribution in [0.2, 0.25) is 0 Å². The number of hydrogen-bond donors (Lipinski definition) is 0. The molecule has 0 saturated heterocycles. The fourth-order valence-corrected chi connectivity index (χ4v) is 2.00. The second kappa shape index (κ2) is 8.02. The van der Waals surface area contributed by atoms with E-state index in [1.165, 1.54) is 15.9 Å². The van der Waals surface area contributed by atoms with Crippen LogP contribution in [0.15, 0.2) is 30.6 Å². The number of hydrogen-bond acceptors (Lipinski definition) is 6. The Morgan fingerprint density at radius 1 is 1.26 bits per heavy atom. The van der Waals surface area contributed by atoms with Crippen LogP contribution in [0.5, 0.6) is 0 Å². The molecule has 2 rings (SSSR count). The lowest BCUT2D eigenvalue weighted by Gasteiger charge is -2.21. The van der Waals surface area contributed by atoms with E-state index in [2.05, 4.69) is 15.5 Å². The van der Waals surface area contributed by atoms with Crippen LogP contribution in [0.3, 0.4) is 0 Å². The molecule has 0 N–H and O–H groups in total. The van der Waals surface area contributed by atoms with Gasteiger partial charge in [0.05, 0.1) is 6.61 Å². The van der Waals surface area contributed by atoms with Gasteiger partial charge < -0.3 is 9.64 Å². The molecule has 23 heavy (non-hydrogen) atoms. The van der Waals surface area contributed by atoms with Crippen molar-refractivity contribution in [2.24, 2.45) is 0 Å². The average Bonchev–Trinajstić information content (AvgIpc) is 3.02.